The van der Waals surface area contributed by atoms with E-state index in [2.05, 4.69) is 19.2 Å². The monoisotopic (exact) mass is 295 g/mol. The number of ether oxygens (including phenoxy) is 1. The van der Waals surface area contributed by atoms with Gasteiger partial charge in [0, 0.05) is 12.0 Å². The summed E-state index contributed by atoms with van der Waals surface area (Å²) < 4.78 is 11.7. The van der Waals surface area contributed by atoms with Crippen LogP contribution in [0.3, 0.4) is 0 Å². The van der Waals surface area contributed by atoms with E-state index in [-0.39, 0.29) is 12.1 Å². The van der Waals surface area contributed by atoms with Crippen LogP contribution in [0, 0.1) is 0 Å². The van der Waals surface area contributed by atoms with Crippen molar-refractivity contribution in [3.05, 3.63) is 35.0 Å². The van der Waals surface area contributed by atoms with Gasteiger partial charge in [-0.1, -0.05) is 30.7 Å². The molecule has 4 heteroatoms. The first kappa shape index (κ1) is 15.4. The highest BCUT2D eigenvalue weighted by molar-refractivity contribution is 6.34. The molecule has 0 amide bonds. The average molecular weight is 296 g/mol. The number of hydrogen-bond acceptors (Lipinski definition) is 3. The molecule has 0 aliphatic rings. The molecule has 0 bridgehead atoms. The Morgan fingerprint density at radius 2 is 2.15 bits per heavy atom. The third-order valence-electron chi connectivity index (χ3n) is 3.33. The van der Waals surface area contributed by atoms with Crippen molar-refractivity contribution >= 4 is 22.6 Å². The molecule has 2 aromatic rings. The molecule has 0 radical (unpaired) electrons. The summed E-state index contributed by atoms with van der Waals surface area (Å²) in [6, 6.07) is 7.88. The fourth-order valence-electron chi connectivity index (χ4n) is 2.36. The molecule has 110 valence electrons. The average Bonchev–Trinajstić information content (AvgIpc) is 2.85. The molecule has 0 aliphatic carbocycles. The first-order chi connectivity index (χ1) is 9.67. The van der Waals surface area contributed by atoms with E-state index in [1.165, 1.54) is 0 Å². The second kappa shape index (κ2) is 7.11. The van der Waals surface area contributed by atoms with Crippen LogP contribution in [0.2, 0.25) is 5.02 Å². The van der Waals surface area contributed by atoms with E-state index >= 15 is 0 Å². The molecule has 1 aromatic heterocycles. The summed E-state index contributed by atoms with van der Waals surface area (Å²) in [6.45, 7) is 7.82. The van der Waals surface area contributed by atoms with Crippen molar-refractivity contribution < 1.29 is 9.15 Å². The van der Waals surface area contributed by atoms with E-state index in [9.17, 15) is 0 Å². The van der Waals surface area contributed by atoms with Gasteiger partial charge >= 0.3 is 0 Å². The van der Waals surface area contributed by atoms with Crippen molar-refractivity contribution in [2.45, 2.75) is 39.3 Å². The largest absolute Gasteiger partial charge is 0.458 e. The second-order valence-corrected chi connectivity index (χ2v) is 5.31. The number of furan rings is 1. The summed E-state index contributed by atoms with van der Waals surface area (Å²) in [5.74, 6) is 0.877. The van der Waals surface area contributed by atoms with Crippen LogP contribution in [0.4, 0.5) is 0 Å². The SMILES string of the molecule is CCCNC(c1cc2cccc(Cl)c2o1)C(C)OCC. The fourth-order valence-corrected chi connectivity index (χ4v) is 2.58. The lowest BCUT2D eigenvalue weighted by Crippen LogP contribution is -2.32. The van der Waals surface area contributed by atoms with E-state index in [0.29, 0.717) is 11.6 Å². The minimum atomic E-state index is 0.0402. The van der Waals surface area contributed by atoms with Crippen LogP contribution in [0.5, 0.6) is 0 Å². The maximum absolute atomic E-state index is 6.17. The van der Waals surface area contributed by atoms with Crippen LogP contribution in [0.1, 0.15) is 39.0 Å². The first-order valence-corrected chi connectivity index (χ1v) is 7.58. The third kappa shape index (κ3) is 3.35. The normalized spacial score (nSPS) is 14.6. The summed E-state index contributed by atoms with van der Waals surface area (Å²) in [7, 11) is 0. The number of rotatable bonds is 7. The van der Waals surface area contributed by atoms with Gasteiger partial charge in [-0.25, -0.2) is 0 Å². The van der Waals surface area contributed by atoms with Gasteiger partial charge in [-0.3, -0.25) is 0 Å². The zero-order valence-electron chi connectivity index (χ0n) is 12.3. The van der Waals surface area contributed by atoms with Crippen LogP contribution in [-0.2, 0) is 4.74 Å². The van der Waals surface area contributed by atoms with Gasteiger partial charge in [0.1, 0.15) is 5.76 Å². The minimum absolute atomic E-state index is 0.0402. The van der Waals surface area contributed by atoms with E-state index < -0.39 is 0 Å². The Morgan fingerprint density at radius 1 is 1.35 bits per heavy atom. The Kier molecular flexibility index (Phi) is 5.46. The predicted molar refractivity (Wildman–Crippen MR) is 83.3 cm³/mol. The van der Waals surface area contributed by atoms with Crippen molar-refractivity contribution in [1.82, 2.24) is 5.32 Å². The van der Waals surface area contributed by atoms with Gasteiger partial charge in [0.15, 0.2) is 5.58 Å². The lowest BCUT2D eigenvalue weighted by atomic mass is 10.1. The van der Waals surface area contributed by atoms with Crippen LogP contribution < -0.4 is 5.32 Å². The Balaban J connectivity index is 2.32. The van der Waals surface area contributed by atoms with Crippen molar-refractivity contribution in [3.63, 3.8) is 0 Å². The minimum Gasteiger partial charge on any atom is -0.458 e. The van der Waals surface area contributed by atoms with Crippen molar-refractivity contribution in [2.24, 2.45) is 0 Å². The van der Waals surface area contributed by atoms with E-state index in [1.807, 2.05) is 31.2 Å². The molecular weight excluding hydrogens is 274 g/mol. The van der Waals surface area contributed by atoms with Gasteiger partial charge in [-0.05, 0) is 38.9 Å². The van der Waals surface area contributed by atoms with Gasteiger partial charge in [0.05, 0.1) is 17.2 Å². The van der Waals surface area contributed by atoms with E-state index in [0.717, 1.165) is 29.7 Å². The predicted octanol–water partition coefficient (Wildman–Crippen LogP) is 4.55. The van der Waals surface area contributed by atoms with Gasteiger partial charge in [-0.15, -0.1) is 0 Å². The highest BCUT2D eigenvalue weighted by Crippen LogP contribution is 2.31. The Labute approximate surface area is 125 Å². The highest BCUT2D eigenvalue weighted by Gasteiger charge is 2.23. The number of halogens is 1. The van der Waals surface area contributed by atoms with Gasteiger partial charge in [0.25, 0.3) is 0 Å². The molecule has 1 N–H and O–H groups in total. The zero-order valence-corrected chi connectivity index (χ0v) is 13.0. The lowest BCUT2D eigenvalue weighted by molar-refractivity contribution is 0.0418. The second-order valence-electron chi connectivity index (χ2n) is 4.90. The molecule has 2 rings (SSSR count). The fraction of sp³-hybridized carbons (Fsp3) is 0.500. The molecule has 3 nitrogen and oxygen atoms in total. The smallest absolute Gasteiger partial charge is 0.152 e. The Bertz CT molecular complexity index is 552. The van der Waals surface area contributed by atoms with Crippen LogP contribution in [0.15, 0.2) is 28.7 Å². The molecule has 0 spiro atoms. The molecular formula is C16H22ClNO2. The molecule has 2 unspecified atom stereocenters. The molecule has 1 aromatic carbocycles. The van der Waals surface area contributed by atoms with Crippen LogP contribution >= 0.6 is 11.6 Å². The van der Waals surface area contributed by atoms with Gasteiger partial charge in [-0.2, -0.15) is 0 Å². The molecule has 0 aliphatic heterocycles. The summed E-state index contributed by atoms with van der Waals surface area (Å²) in [6.07, 6.45) is 1.11. The Morgan fingerprint density at radius 3 is 2.80 bits per heavy atom. The number of para-hydroxylation sites is 1. The topological polar surface area (TPSA) is 34.4 Å². The number of nitrogens with one attached hydrogen (secondary N) is 1. The number of fused-ring (bicyclic) bond motifs is 1. The summed E-state index contributed by atoms with van der Waals surface area (Å²) in [4.78, 5) is 0. The molecule has 0 fully saturated rings. The molecule has 0 saturated heterocycles. The van der Waals surface area contributed by atoms with Crippen LogP contribution in [-0.4, -0.2) is 19.3 Å². The number of benzene rings is 1. The molecule has 2 atom stereocenters. The maximum Gasteiger partial charge on any atom is 0.152 e. The summed E-state index contributed by atoms with van der Waals surface area (Å²) in [5.41, 5.74) is 0.746. The van der Waals surface area contributed by atoms with Gasteiger partial charge < -0.3 is 14.5 Å². The van der Waals surface area contributed by atoms with Crippen LogP contribution in [0.25, 0.3) is 11.0 Å². The molecule has 0 saturated carbocycles. The third-order valence-corrected chi connectivity index (χ3v) is 3.63. The van der Waals surface area contributed by atoms with Crippen molar-refractivity contribution in [2.75, 3.05) is 13.2 Å². The van der Waals surface area contributed by atoms with Crippen molar-refractivity contribution in [1.29, 1.82) is 0 Å². The standard InChI is InChI=1S/C16H22ClNO2/c1-4-9-18-15(11(3)19-5-2)14-10-12-7-6-8-13(17)16(12)20-14/h6-8,10-11,15,18H,4-5,9H2,1-3H3. The van der Waals surface area contributed by atoms with Crippen molar-refractivity contribution in [3.8, 4) is 0 Å². The molecule has 20 heavy (non-hydrogen) atoms. The highest BCUT2D eigenvalue weighted by atomic mass is 35.5. The Hall–Kier alpha value is -1.03. The summed E-state index contributed by atoms with van der Waals surface area (Å²) >= 11 is 6.17. The maximum atomic E-state index is 6.17. The first-order valence-electron chi connectivity index (χ1n) is 7.20. The number of hydrogen-bond donors (Lipinski definition) is 1. The van der Waals surface area contributed by atoms with E-state index in [1.54, 1.807) is 0 Å². The quantitative estimate of drug-likeness (QED) is 0.813. The summed E-state index contributed by atoms with van der Waals surface area (Å²) in [5, 5.41) is 5.16. The zero-order chi connectivity index (χ0) is 14.5. The molecule has 1 heterocycles. The lowest BCUT2D eigenvalue weighted by Gasteiger charge is -2.23. The van der Waals surface area contributed by atoms with E-state index in [4.69, 9.17) is 20.8 Å². The van der Waals surface area contributed by atoms with Gasteiger partial charge in [0.2, 0.25) is 0 Å².